The summed E-state index contributed by atoms with van der Waals surface area (Å²) < 4.78 is 0. The molecule has 1 aromatic rings. The van der Waals surface area contributed by atoms with Crippen LogP contribution in [0.5, 0.6) is 0 Å². The first-order chi connectivity index (χ1) is 15.5. The molecule has 2 nitrogen and oxygen atoms in total. The number of anilines is 1. The molecule has 0 saturated carbocycles. The van der Waals surface area contributed by atoms with Crippen molar-refractivity contribution in [1.29, 1.82) is 0 Å². The maximum atomic E-state index is 13.0. The van der Waals surface area contributed by atoms with Gasteiger partial charge < -0.3 is 5.32 Å². The largest absolute Gasteiger partial charge is 0.325 e. The lowest BCUT2D eigenvalue weighted by molar-refractivity contribution is -0.124. The minimum absolute atomic E-state index is 0.158. The van der Waals surface area contributed by atoms with E-state index in [4.69, 9.17) is 0 Å². The van der Waals surface area contributed by atoms with Crippen molar-refractivity contribution in [2.24, 2.45) is 5.41 Å². The van der Waals surface area contributed by atoms with E-state index in [1.54, 1.807) is 0 Å². The third-order valence-electron chi connectivity index (χ3n) is 6.67. The van der Waals surface area contributed by atoms with Crippen LogP contribution in [-0.2, 0) is 17.6 Å². The predicted molar refractivity (Wildman–Crippen MR) is 142 cm³/mol. The molecule has 0 radical (unpaired) electrons. The third-order valence-corrected chi connectivity index (χ3v) is 6.67. The zero-order chi connectivity index (χ0) is 23.7. The average molecular weight is 442 g/mol. The fraction of sp³-hybridized carbons (Fsp3) is 0.700. The summed E-state index contributed by atoms with van der Waals surface area (Å²) in [5, 5.41) is 3.27. The monoisotopic (exact) mass is 441 g/mol. The number of carbonyl (C=O) groups excluding carboxylic acids is 1. The van der Waals surface area contributed by atoms with Gasteiger partial charge in [0, 0.05) is 11.1 Å². The first-order valence-corrected chi connectivity index (χ1v) is 13.5. The number of hydrogen-bond donors (Lipinski definition) is 1. The Morgan fingerprint density at radius 3 is 1.81 bits per heavy atom. The molecule has 1 rings (SSSR count). The molecule has 0 heterocycles. The van der Waals surface area contributed by atoms with Gasteiger partial charge in [0.05, 0.1) is 0 Å². The maximum Gasteiger partial charge on any atom is 0.230 e. The number of allylic oxidation sites excluding steroid dienone is 2. The van der Waals surface area contributed by atoms with Gasteiger partial charge in [0.25, 0.3) is 0 Å². The number of amides is 1. The number of unbranched alkanes of at least 4 members (excludes halogenated alkanes) is 10. The average Bonchev–Trinajstić information content (AvgIpc) is 2.79. The highest BCUT2D eigenvalue weighted by Crippen LogP contribution is 2.29. The number of carbonyl (C=O) groups is 1. The molecule has 32 heavy (non-hydrogen) atoms. The Labute approximate surface area is 199 Å². The molecule has 0 atom stereocenters. The quantitative estimate of drug-likeness (QED) is 0.178. The van der Waals surface area contributed by atoms with Crippen LogP contribution in [0.4, 0.5) is 5.69 Å². The summed E-state index contributed by atoms with van der Waals surface area (Å²) in [5.74, 6) is 0.158. The van der Waals surface area contributed by atoms with E-state index < -0.39 is 0 Å². The lowest BCUT2D eigenvalue weighted by Crippen LogP contribution is -2.31. The van der Waals surface area contributed by atoms with E-state index in [-0.39, 0.29) is 11.3 Å². The number of nitrogens with one attached hydrogen (secondary N) is 1. The van der Waals surface area contributed by atoms with Crippen molar-refractivity contribution in [3.8, 4) is 0 Å². The van der Waals surface area contributed by atoms with Crippen LogP contribution in [-0.4, -0.2) is 5.91 Å². The minimum atomic E-state index is -0.330. The van der Waals surface area contributed by atoms with Crippen LogP contribution < -0.4 is 5.32 Å². The molecule has 0 aromatic heterocycles. The molecule has 2 heteroatoms. The molecule has 0 aliphatic carbocycles. The van der Waals surface area contributed by atoms with Gasteiger partial charge in [-0.2, -0.15) is 0 Å². The van der Waals surface area contributed by atoms with Crippen molar-refractivity contribution in [3.05, 3.63) is 41.5 Å². The van der Waals surface area contributed by atoms with Crippen LogP contribution in [0.15, 0.2) is 30.4 Å². The fourth-order valence-electron chi connectivity index (χ4n) is 4.26. The van der Waals surface area contributed by atoms with Crippen molar-refractivity contribution in [2.45, 2.75) is 131 Å². The van der Waals surface area contributed by atoms with Crippen LogP contribution in [0.2, 0.25) is 0 Å². The van der Waals surface area contributed by atoms with Crippen molar-refractivity contribution in [2.75, 3.05) is 5.32 Å². The van der Waals surface area contributed by atoms with E-state index in [1.165, 1.54) is 81.8 Å². The first-order valence-electron chi connectivity index (χ1n) is 13.5. The summed E-state index contributed by atoms with van der Waals surface area (Å²) in [6.45, 7) is 10.8. The maximum absolute atomic E-state index is 13.0. The number of aryl methyl sites for hydroxylation is 2. The SMILES string of the molecule is CCCCCCCC/C=C/CCCCCCC(C)(C)C(=O)Nc1c(CC)cccc1CC. The first kappa shape index (κ1) is 28.5. The summed E-state index contributed by atoms with van der Waals surface area (Å²) in [4.78, 5) is 13.0. The number of rotatable bonds is 18. The van der Waals surface area contributed by atoms with Gasteiger partial charge in [0.2, 0.25) is 5.91 Å². The van der Waals surface area contributed by atoms with E-state index in [2.05, 4.69) is 70.3 Å². The topological polar surface area (TPSA) is 29.1 Å². The molecule has 0 unspecified atom stereocenters. The molecule has 0 spiro atoms. The van der Waals surface area contributed by atoms with E-state index >= 15 is 0 Å². The summed E-state index contributed by atoms with van der Waals surface area (Å²) in [6.07, 6.45) is 23.2. The zero-order valence-electron chi connectivity index (χ0n) is 21.9. The summed E-state index contributed by atoms with van der Waals surface area (Å²) in [5.41, 5.74) is 3.18. The molecule has 0 bridgehead atoms. The zero-order valence-corrected chi connectivity index (χ0v) is 21.9. The summed E-state index contributed by atoms with van der Waals surface area (Å²) >= 11 is 0. The van der Waals surface area contributed by atoms with E-state index in [9.17, 15) is 4.79 Å². The van der Waals surface area contributed by atoms with Crippen molar-refractivity contribution in [3.63, 3.8) is 0 Å². The molecule has 0 aliphatic rings. The van der Waals surface area contributed by atoms with E-state index in [0.29, 0.717) is 0 Å². The Kier molecular flexibility index (Phi) is 15.1. The Hall–Kier alpha value is -1.57. The van der Waals surface area contributed by atoms with Crippen LogP contribution in [0.25, 0.3) is 0 Å². The van der Waals surface area contributed by atoms with Gasteiger partial charge in [-0.05, 0) is 56.1 Å². The van der Waals surface area contributed by atoms with Crippen LogP contribution in [0, 0.1) is 5.41 Å². The number of benzene rings is 1. The molecule has 0 saturated heterocycles. The molecule has 182 valence electrons. The summed E-state index contributed by atoms with van der Waals surface area (Å²) in [7, 11) is 0. The lowest BCUT2D eigenvalue weighted by Gasteiger charge is -2.25. The van der Waals surface area contributed by atoms with Gasteiger partial charge in [-0.25, -0.2) is 0 Å². The molecular formula is C30H51NO. The normalized spacial score (nSPS) is 11.9. The smallest absolute Gasteiger partial charge is 0.230 e. The summed E-state index contributed by atoms with van der Waals surface area (Å²) in [6, 6.07) is 6.36. The van der Waals surface area contributed by atoms with E-state index in [1.807, 2.05) is 0 Å². The predicted octanol–water partition coefficient (Wildman–Crippen LogP) is 9.42. The van der Waals surface area contributed by atoms with Crippen molar-refractivity contribution < 1.29 is 4.79 Å². The van der Waals surface area contributed by atoms with Crippen LogP contribution in [0.3, 0.4) is 0 Å². The highest BCUT2D eigenvalue weighted by Gasteiger charge is 2.27. The second-order valence-electron chi connectivity index (χ2n) is 9.98. The Balaban J connectivity index is 2.22. The molecule has 1 amide bonds. The Morgan fingerprint density at radius 2 is 1.28 bits per heavy atom. The van der Waals surface area contributed by atoms with Crippen molar-refractivity contribution >= 4 is 11.6 Å². The van der Waals surface area contributed by atoms with Gasteiger partial charge in [-0.3, -0.25) is 4.79 Å². The highest BCUT2D eigenvalue weighted by atomic mass is 16.2. The second-order valence-corrected chi connectivity index (χ2v) is 9.98. The minimum Gasteiger partial charge on any atom is -0.325 e. The fourth-order valence-corrected chi connectivity index (χ4v) is 4.26. The highest BCUT2D eigenvalue weighted by molar-refractivity contribution is 5.96. The lowest BCUT2D eigenvalue weighted by atomic mass is 9.85. The van der Waals surface area contributed by atoms with Gasteiger partial charge in [-0.15, -0.1) is 0 Å². The second kappa shape index (κ2) is 17.0. The van der Waals surface area contributed by atoms with Gasteiger partial charge in [0.1, 0.15) is 0 Å². The molecule has 1 N–H and O–H groups in total. The standard InChI is InChI=1S/C30H51NO/c1-6-9-10-11-12-13-14-15-16-17-18-19-20-21-25-30(4,5)29(32)31-28-26(7-2)23-22-24-27(28)8-3/h15-16,22-24H,6-14,17-21,25H2,1-5H3,(H,31,32)/b16-15+. The van der Waals surface area contributed by atoms with E-state index in [0.717, 1.165) is 31.4 Å². The number of para-hydroxylation sites is 1. The molecule has 0 fully saturated rings. The van der Waals surface area contributed by atoms with Crippen LogP contribution in [0.1, 0.15) is 129 Å². The Morgan fingerprint density at radius 1 is 0.781 bits per heavy atom. The third kappa shape index (κ3) is 11.3. The molecular weight excluding hydrogens is 390 g/mol. The van der Waals surface area contributed by atoms with Gasteiger partial charge in [0.15, 0.2) is 0 Å². The van der Waals surface area contributed by atoms with Crippen molar-refractivity contribution in [1.82, 2.24) is 0 Å². The number of hydrogen-bond acceptors (Lipinski definition) is 1. The molecule has 1 aromatic carbocycles. The van der Waals surface area contributed by atoms with Gasteiger partial charge in [-0.1, -0.05) is 116 Å². The molecule has 0 aliphatic heterocycles. The Bertz CT molecular complexity index is 637. The van der Waals surface area contributed by atoms with Gasteiger partial charge >= 0.3 is 0 Å². The van der Waals surface area contributed by atoms with Crippen LogP contribution >= 0.6 is 0 Å².